The number of nitrogens with one attached hydrogen (secondary N) is 1. The van der Waals surface area contributed by atoms with Crippen LogP contribution < -0.4 is 5.32 Å². The molecule has 6 nitrogen and oxygen atoms in total. The number of hydrogen-bond donors (Lipinski definition) is 1. The standard InChI is InChI=1S/C20H18N4O2/c1-13-5-7-15(8-6-13)22-18(25)12-24-20-19(14(2)23-24)16(9-10-21-20)17-4-3-11-26-17/h3-11H,12H2,1-2H3,(H,22,25). The Morgan fingerprint density at radius 3 is 2.69 bits per heavy atom. The first kappa shape index (κ1) is 16.1. The molecule has 130 valence electrons. The molecule has 1 aromatic carbocycles. The zero-order valence-electron chi connectivity index (χ0n) is 14.6. The maximum atomic E-state index is 12.4. The third kappa shape index (κ3) is 2.97. The fraction of sp³-hybridized carbons (Fsp3) is 0.150. The van der Waals surface area contributed by atoms with Crippen LogP contribution in [0.4, 0.5) is 5.69 Å². The molecule has 0 radical (unpaired) electrons. The van der Waals surface area contributed by atoms with Gasteiger partial charge in [0.25, 0.3) is 0 Å². The quantitative estimate of drug-likeness (QED) is 0.607. The Labute approximate surface area is 150 Å². The number of amides is 1. The van der Waals surface area contributed by atoms with Crippen LogP contribution in [-0.4, -0.2) is 20.7 Å². The van der Waals surface area contributed by atoms with Crippen molar-refractivity contribution in [3.63, 3.8) is 0 Å². The number of anilines is 1. The predicted molar refractivity (Wildman–Crippen MR) is 99.8 cm³/mol. The molecule has 3 heterocycles. The predicted octanol–water partition coefficient (Wildman–Crippen LogP) is 3.95. The van der Waals surface area contributed by atoms with E-state index in [1.54, 1.807) is 17.1 Å². The number of rotatable bonds is 4. The minimum absolute atomic E-state index is 0.0901. The van der Waals surface area contributed by atoms with E-state index < -0.39 is 0 Å². The molecule has 0 aliphatic carbocycles. The minimum Gasteiger partial charge on any atom is -0.464 e. The van der Waals surface area contributed by atoms with Crippen molar-refractivity contribution in [1.29, 1.82) is 0 Å². The van der Waals surface area contributed by atoms with Gasteiger partial charge in [-0.3, -0.25) is 4.79 Å². The number of carbonyl (C=O) groups excluding carboxylic acids is 1. The lowest BCUT2D eigenvalue weighted by molar-refractivity contribution is -0.116. The molecule has 1 N–H and O–H groups in total. The van der Waals surface area contributed by atoms with Crippen molar-refractivity contribution in [2.75, 3.05) is 5.32 Å². The Balaban J connectivity index is 1.64. The number of furan rings is 1. The van der Waals surface area contributed by atoms with Crippen molar-refractivity contribution < 1.29 is 9.21 Å². The summed E-state index contributed by atoms with van der Waals surface area (Å²) in [6.07, 6.45) is 3.34. The molecule has 0 saturated carbocycles. The molecule has 3 aromatic heterocycles. The molecule has 0 spiro atoms. The number of nitrogens with zero attached hydrogens (tertiary/aromatic N) is 3. The second-order valence-electron chi connectivity index (χ2n) is 6.19. The van der Waals surface area contributed by atoms with Gasteiger partial charge in [-0.05, 0) is 44.2 Å². The molecule has 0 unspecified atom stereocenters. The van der Waals surface area contributed by atoms with Gasteiger partial charge >= 0.3 is 0 Å². The summed E-state index contributed by atoms with van der Waals surface area (Å²) in [5.74, 6) is 0.604. The zero-order chi connectivity index (χ0) is 18.1. The summed E-state index contributed by atoms with van der Waals surface area (Å²) in [6.45, 7) is 4.00. The van der Waals surface area contributed by atoms with Crippen LogP contribution in [0.5, 0.6) is 0 Å². The van der Waals surface area contributed by atoms with E-state index in [9.17, 15) is 4.79 Å². The number of aromatic nitrogens is 3. The lowest BCUT2D eigenvalue weighted by Crippen LogP contribution is -2.19. The number of aryl methyl sites for hydroxylation is 2. The molecule has 6 heteroatoms. The van der Waals surface area contributed by atoms with E-state index in [0.29, 0.717) is 5.65 Å². The molecule has 0 aliphatic rings. The van der Waals surface area contributed by atoms with Crippen molar-refractivity contribution in [1.82, 2.24) is 14.8 Å². The first-order chi connectivity index (χ1) is 12.6. The Kier molecular flexibility index (Phi) is 4.01. The maximum Gasteiger partial charge on any atom is 0.246 e. The highest BCUT2D eigenvalue weighted by Crippen LogP contribution is 2.30. The second kappa shape index (κ2) is 6.48. The molecule has 4 aromatic rings. The molecule has 0 atom stereocenters. The summed E-state index contributed by atoms with van der Waals surface area (Å²) in [7, 11) is 0. The smallest absolute Gasteiger partial charge is 0.246 e. The lowest BCUT2D eigenvalue weighted by Gasteiger charge is -2.06. The highest BCUT2D eigenvalue weighted by Gasteiger charge is 2.17. The SMILES string of the molecule is Cc1ccc(NC(=O)Cn2nc(C)c3c(-c4ccco4)ccnc32)cc1. The molecule has 26 heavy (non-hydrogen) atoms. The van der Waals surface area contributed by atoms with Crippen LogP contribution >= 0.6 is 0 Å². The first-order valence-corrected chi connectivity index (χ1v) is 8.34. The average Bonchev–Trinajstić information content (AvgIpc) is 3.26. The Morgan fingerprint density at radius 2 is 1.96 bits per heavy atom. The summed E-state index contributed by atoms with van der Waals surface area (Å²) in [6, 6.07) is 13.3. The van der Waals surface area contributed by atoms with Gasteiger partial charge in [0.1, 0.15) is 12.3 Å². The highest BCUT2D eigenvalue weighted by atomic mass is 16.3. The molecule has 1 amide bonds. The van der Waals surface area contributed by atoms with Crippen LogP contribution in [0.15, 0.2) is 59.3 Å². The van der Waals surface area contributed by atoms with Crippen molar-refractivity contribution in [3.8, 4) is 11.3 Å². The van der Waals surface area contributed by atoms with Gasteiger partial charge in [-0.25, -0.2) is 9.67 Å². The van der Waals surface area contributed by atoms with Crippen molar-refractivity contribution in [2.45, 2.75) is 20.4 Å². The fourth-order valence-electron chi connectivity index (χ4n) is 3.00. The van der Waals surface area contributed by atoms with E-state index in [2.05, 4.69) is 15.4 Å². The highest BCUT2D eigenvalue weighted by molar-refractivity contribution is 5.95. The third-order valence-electron chi connectivity index (χ3n) is 4.22. The van der Waals surface area contributed by atoms with E-state index in [4.69, 9.17) is 4.42 Å². The van der Waals surface area contributed by atoms with Crippen LogP contribution in [0.1, 0.15) is 11.3 Å². The average molecular weight is 346 g/mol. The summed E-state index contributed by atoms with van der Waals surface area (Å²) in [5.41, 5.74) is 4.30. The Morgan fingerprint density at radius 1 is 1.15 bits per heavy atom. The Bertz CT molecular complexity index is 1060. The summed E-state index contributed by atoms with van der Waals surface area (Å²) in [4.78, 5) is 16.8. The number of fused-ring (bicyclic) bond motifs is 1. The number of pyridine rings is 1. The lowest BCUT2D eigenvalue weighted by atomic mass is 10.1. The third-order valence-corrected chi connectivity index (χ3v) is 4.22. The largest absolute Gasteiger partial charge is 0.464 e. The van der Waals surface area contributed by atoms with Gasteiger partial charge in [-0.1, -0.05) is 17.7 Å². The van der Waals surface area contributed by atoms with E-state index in [-0.39, 0.29) is 12.5 Å². The topological polar surface area (TPSA) is 73.0 Å². The molecule has 0 bridgehead atoms. The monoisotopic (exact) mass is 346 g/mol. The van der Waals surface area contributed by atoms with Crippen molar-refractivity contribution >= 4 is 22.6 Å². The maximum absolute atomic E-state index is 12.4. The van der Waals surface area contributed by atoms with Crippen LogP contribution in [0.3, 0.4) is 0 Å². The van der Waals surface area contributed by atoms with Crippen molar-refractivity contribution in [2.24, 2.45) is 0 Å². The zero-order valence-corrected chi connectivity index (χ0v) is 14.6. The minimum atomic E-state index is -0.150. The first-order valence-electron chi connectivity index (χ1n) is 8.34. The van der Waals surface area contributed by atoms with Gasteiger partial charge in [-0.2, -0.15) is 5.10 Å². The van der Waals surface area contributed by atoms with Crippen LogP contribution in [-0.2, 0) is 11.3 Å². The molecule has 0 saturated heterocycles. The number of hydrogen-bond acceptors (Lipinski definition) is 4. The molecule has 0 aliphatic heterocycles. The van der Waals surface area contributed by atoms with Gasteiger partial charge in [0, 0.05) is 17.4 Å². The van der Waals surface area contributed by atoms with E-state index in [1.165, 1.54) is 0 Å². The molecular weight excluding hydrogens is 328 g/mol. The molecular formula is C20H18N4O2. The summed E-state index contributed by atoms with van der Waals surface area (Å²) in [5, 5.41) is 8.29. The van der Waals surface area contributed by atoms with Crippen LogP contribution in [0.25, 0.3) is 22.4 Å². The van der Waals surface area contributed by atoms with Gasteiger partial charge < -0.3 is 9.73 Å². The van der Waals surface area contributed by atoms with E-state index in [1.807, 2.05) is 56.3 Å². The second-order valence-corrected chi connectivity index (χ2v) is 6.19. The fourth-order valence-corrected chi connectivity index (χ4v) is 3.00. The Hall–Kier alpha value is -3.41. The summed E-state index contributed by atoms with van der Waals surface area (Å²) >= 11 is 0. The molecule has 0 fully saturated rings. The van der Waals surface area contributed by atoms with E-state index >= 15 is 0 Å². The van der Waals surface area contributed by atoms with Crippen molar-refractivity contribution in [3.05, 3.63) is 66.2 Å². The van der Waals surface area contributed by atoms with Gasteiger partial charge in [0.2, 0.25) is 5.91 Å². The molecule has 4 rings (SSSR count). The van der Waals surface area contributed by atoms with Gasteiger partial charge in [0.05, 0.1) is 17.3 Å². The normalized spacial score (nSPS) is 11.0. The van der Waals surface area contributed by atoms with Crippen LogP contribution in [0.2, 0.25) is 0 Å². The number of benzene rings is 1. The van der Waals surface area contributed by atoms with Crippen LogP contribution in [0, 0.1) is 13.8 Å². The van der Waals surface area contributed by atoms with Gasteiger partial charge in [0.15, 0.2) is 5.65 Å². The van der Waals surface area contributed by atoms with Gasteiger partial charge in [-0.15, -0.1) is 0 Å². The number of carbonyl (C=O) groups is 1. The summed E-state index contributed by atoms with van der Waals surface area (Å²) < 4.78 is 7.14. The van der Waals surface area contributed by atoms with E-state index in [0.717, 1.165) is 33.7 Å².